The molecule has 0 radical (unpaired) electrons. The molecule has 0 aliphatic carbocycles. The van der Waals surface area contributed by atoms with Gasteiger partial charge in [-0.25, -0.2) is 0 Å². The molecule has 0 spiro atoms. The molecule has 2 aromatic carbocycles. The Labute approximate surface area is 153 Å². The molecular weight excluding hydrogens is 328 g/mol. The van der Waals surface area contributed by atoms with E-state index in [1.807, 2.05) is 59.4 Å². The predicted octanol–water partition coefficient (Wildman–Crippen LogP) is 4.12. The Kier molecular flexibility index (Phi) is 5.59. The molecule has 0 bridgehead atoms. The van der Waals surface area contributed by atoms with Crippen LogP contribution in [0.4, 0.5) is 5.69 Å². The van der Waals surface area contributed by atoms with Crippen LogP contribution in [0.1, 0.15) is 18.0 Å². The van der Waals surface area contributed by atoms with Crippen LogP contribution in [0.3, 0.4) is 0 Å². The maximum Gasteiger partial charge on any atom is 0.226 e. The molecule has 1 atom stereocenters. The number of carbonyl (C=O) groups excluding carboxylic acids is 1. The van der Waals surface area contributed by atoms with Gasteiger partial charge in [0.1, 0.15) is 0 Å². The van der Waals surface area contributed by atoms with Crippen molar-refractivity contribution in [3.05, 3.63) is 78.6 Å². The van der Waals surface area contributed by atoms with Crippen molar-refractivity contribution in [2.24, 2.45) is 0 Å². The van der Waals surface area contributed by atoms with E-state index in [1.165, 1.54) is 0 Å². The largest absolute Gasteiger partial charge is 0.493 e. The molecule has 3 aromatic rings. The highest BCUT2D eigenvalue weighted by atomic mass is 16.5. The summed E-state index contributed by atoms with van der Waals surface area (Å²) in [5, 5.41) is 2.94. The van der Waals surface area contributed by atoms with Crippen molar-refractivity contribution in [3.63, 3.8) is 0 Å². The Bertz CT molecular complexity index is 845. The first-order valence-electron chi connectivity index (χ1n) is 8.40. The average molecular weight is 350 g/mol. The fraction of sp³-hybridized carbons (Fsp3) is 0.190. The second-order valence-electron chi connectivity index (χ2n) is 5.88. The number of ether oxygens (including phenoxy) is 2. The summed E-state index contributed by atoms with van der Waals surface area (Å²) in [7, 11) is 3.15. The summed E-state index contributed by atoms with van der Waals surface area (Å²) in [4.78, 5) is 12.6. The maximum absolute atomic E-state index is 12.6. The minimum absolute atomic E-state index is 0.0636. The van der Waals surface area contributed by atoms with Crippen LogP contribution in [0, 0.1) is 0 Å². The van der Waals surface area contributed by atoms with Gasteiger partial charge < -0.3 is 19.4 Å². The van der Waals surface area contributed by atoms with E-state index in [1.54, 1.807) is 32.4 Å². The minimum Gasteiger partial charge on any atom is -0.493 e. The van der Waals surface area contributed by atoms with E-state index in [-0.39, 0.29) is 11.9 Å². The third kappa shape index (κ3) is 4.06. The molecule has 1 unspecified atom stereocenters. The van der Waals surface area contributed by atoms with E-state index in [2.05, 4.69) is 5.32 Å². The van der Waals surface area contributed by atoms with Crippen molar-refractivity contribution < 1.29 is 14.3 Å². The molecule has 26 heavy (non-hydrogen) atoms. The number of methoxy groups -OCH3 is 2. The summed E-state index contributed by atoms with van der Waals surface area (Å²) in [6.45, 7) is 0. The Balaban J connectivity index is 1.77. The molecule has 0 saturated heterocycles. The van der Waals surface area contributed by atoms with E-state index in [0.29, 0.717) is 23.6 Å². The third-order valence-electron chi connectivity index (χ3n) is 4.22. The summed E-state index contributed by atoms with van der Waals surface area (Å²) >= 11 is 0. The molecule has 3 rings (SSSR count). The molecule has 0 aliphatic rings. The minimum atomic E-state index is -0.0697. The van der Waals surface area contributed by atoms with Gasteiger partial charge in [0.05, 0.1) is 26.7 Å². The average Bonchev–Trinajstić information content (AvgIpc) is 3.21. The number of carbonyl (C=O) groups is 1. The lowest BCUT2D eigenvalue weighted by molar-refractivity contribution is -0.116. The number of nitrogens with zero attached hydrogens (tertiary/aromatic N) is 1. The zero-order chi connectivity index (χ0) is 18.4. The van der Waals surface area contributed by atoms with Gasteiger partial charge in [-0.15, -0.1) is 0 Å². The van der Waals surface area contributed by atoms with Crippen LogP contribution < -0.4 is 14.8 Å². The van der Waals surface area contributed by atoms with Crippen molar-refractivity contribution in [2.45, 2.75) is 12.5 Å². The Morgan fingerprint density at radius 3 is 2.31 bits per heavy atom. The van der Waals surface area contributed by atoms with Crippen LogP contribution in [-0.4, -0.2) is 24.7 Å². The van der Waals surface area contributed by atoms with Crippen molar-refractivity contribution in [1.82, 2.24) is 4.57 Å². The first-order chi connectivity index (χ1) is 12.7. The van der Waals surface area contributed by atoms with Crippen LogP contribution in [0.15, 0.2) is 73.1 Å². The van der Waals surface area contributed by atoms with Gasteiger partial charge in [-0.2, -0.15) is 0 Å². The van der Waals surface area contributed by atoms with Crippen LogP contribution in [0.5, 0.6) is 11.5 Å². The van der Waals surface area contributed by atoms with Gasteiger partial charge in [-0.3, -0.25) is 4.79 Å². The van der Waals surface area contributed by atoms with Gasteiger partial charge in [0.25, 0.3) is 0 Å². The molecule has 0 aliphatic heterocycles. The van der Waals surface area contributed by atoms with E-state index < -0.39 is 0 Å². The van der Waals surface area contributed by atoms with E-state index in [4.69, 9.17) is 9.47 Å². The lowest BCUT2D eigenvalue weighted by Crippen LogP contribution is -2.19. The van der Waals surface area contributed by atoms with Gasteiger partial charge in [0.2, 0.25) is 5.91 Å². The number of benzene rings is 2. The fourth-order valence-electron chi connectivity index (χ4n) is 2.93. The number of nitrogens with one attached hydrogen (secondary N) is 1. The van der Waals surface area contributed by atoms with E-state index >= 15 is 0 Å². The van der Waals surface area contributed by atoms with Gasteiger partial charge in [-0.1, -0.05) is 30.3 Å². The zero-order valence-corrected chi connectivity index (χ0v) is 14.9. The maximum atomic E-state index is 12.6. The monoisotopic (exact) mass is 350 g/mol. The van der Waals surface area contributed by atoms with Crippen molar-refractivity contribution in [3.8, 4) is 11.5 Å². The number of rotatable bonds is 7. The fourth-order valence-corrected chi connectivity index (χ4v) is 2.93. The van der Waals surface area contributed by atoms with Crippen molar-refractivity contribution >= 4 is 11.6 Å². The Hall–Kier alpha value is -3.21. The van der Waals surface area contributed by atoms with Crippen molar-refractivity contribution in [1.29, 1.82) is 0 Å². The van der Waals surface area contributed by atoms with Crippen LogP contribution in [-0.2, 0) is 4.79 Å². The number of anilines is 1. The molecule has 1 amide bonds. The molecule has 5 heteroatoms. The van der Waals surface area contributed by atoms with Gasteiger partial charge in [-0.05, 0) is 29.8 Å². The zero-order valence-electron chi connectivity index (χ0n) is 14.9. The SMILES string of the molecule is COc1ccc(NC(=O)CC(c2ccccc2)n2cccc2)cc1OC. The summed E-state index contributed by atoms with van der Waals surface area (Å²) in [5.41, 5.74) is 1.76. The highest BCUT2D eigenvalue weighted by molar-refractivity contribution is 5.91. The number of aromatic nitrogens is 1. The van der Waals surface area contributed by atoms with Crippen LogP contribution in [0.25, 0.3) is 0 Å². The summed E-state index contributed by atoms with van der Waals surface area (Å²) in [6, 6.07) is 19.2. The van der Waals surface area contributed by atoms with Gasteiger partial charge >= 0.3 is 0 Å². The second kappa shape index (κ2) is 8.25. The highest BCUT2D eigenvalue weighted by Crippen LogP contribution is 2.30. The Morgan fingerprint density at radius 2 is 1.65 bits per heavy atom. The lowest BCUT2D eigenvalue weighted by Gasteiger charge is -2.19. The molecule has 0 saturated carbocycles. The Morgan fingerprint density at radius 1 is 0.962 bits per heavy atom. The highest BCUT2D eigenvalue weighted by Gasteiger charge is 2.17. The summed E-state index contributed by atoms with van der Waals surface area (Å²) < 4.78 is 12.6. The molecule has 134 valence electrons. The molecular formula is C21H22N2O3. The quantitative estimate of drug-likeness (QED) is 0.697. The number of hydrogen-bond acceptors (Lipinski definition) is 3. The molecule has 1 N–H and O–H groups in total. The first kappa shape index (κ1) is 17.6. The lowest BCUT2D eigenvalue weighted by atomic mass is 10.0. The van der Waals surface area contributed by atoms with E-state index in [9.17, 15) is 4.79 Å². The topological polar surface area (TPSA) is 52.5 Å². The molecule has 1 heterocycles. The van der Waals surface area contributed by atoms with Gasteiger partial charge in [0, 0.05) is 24.1 Å². The van der Waals surface area contributed by atoms with Crippen LogP contribution >= 0.6 is 0 Å². The third-order valence-corrected chi connectivity index (χ3v) is 4.22. The molecule has 0 fully saturated rings. The molecule has 5 nitrogen and oxygen atoms in total. The molecule has 1 aromatic heterocycles. The number of hydrogen-bond donors (Lipinski definition) is 1. The summed E-state index contributed by atoms with van der Waals surface area (Å²) in [6.07, 6.45) is 4.27. The standard InChI is InChI=1S/C21H22N2O3/c1-25-19-11-10-17(14-20(19)26-2)22-21(24)15-18(23-12-6-7-13-23)16-8-4-3-5-9-16/h3-14,18H,15H2,1-2H3,(H,22,24). The first-order valence-corrected chi connectivity index (χ1v) is 8.40. The summed E-state index contributed by atoms with van der Waals surface area (Å²) in [5.74, 6) is 1.13. The smallest absolute Gasteiger partial charge is 0.226 e. The number of amides is 1. The predicted molar refractivity (Wildman–Crippen MR) is 102 cm³/mol. The van der Waals surface area contributed by atoms with Gasteiger partial charge in [0.15, 0.2) is 11.5 Å². The van der Waals surface area contributed by atoms with Crippen LogP contribution in [0.2, 0.25) is 0 Å². The normalized spacial score (nSPS) is 11.6. The van der Waals surface area contributed by atoms with Crippen molar-refractivity contribution in [2.75, 3.05) is 19.5 Å². The second-order valence-corrected chi connectivity index (χ2v) is 5.88. The van der Waals surface area contributed by atoms with E-state index in [0.717, 1.165) is 5.56 Å².